The van der Waals surface area contributed by atoms with Gasteiger partial charge in [0, 0.05) is 18.0 Å². The first-order chi connectivity index (χ1) is 10.0. The van der Waals surface area contributed by atoms with Gasteiger partial charge in [0.2, 0.25) is 0 Å². The minimum Gasteiger partial charge on any atom is -0.336 e. The van der Waals surface area contributed by atoms with Crippen LogP contribution in [0.5, 0.6) is 0 Å². The minimum absolute atomic E-state index is 0.271. The summed E-state index contributed by atoms with van der Waals surface area (Å²) in [4.78, 5) is 16.3. The first-order valence-electron chi connectivity index (χ1n) is 6.63. The topological polar surface area (TPSA) is 96.7 Å². The Kier molecular flexibility index (Phi) is 3.17. The van der Waals surface area contributed by atoms with Crippen molar-refractivity contribution in [3.8, 4) is 0 Å². The molecule has 3 heterocycles. The lowest BCUT2D eigenvalue weighted by Crippen LogP contribution is -2.12. The van der Waals surface area contributed by atoms with Gasteiger partial charge in [-0.3, -0.25) is 9.89 Å². The van der Waals surface area contributed by atoms with Crippen LogP contribution in [0.2, 0.25) is 0 Å². The molecule has 108 valence electrons. The van der Waals surface area contributed by atoms with Crippen LogP contribution in [-0.2, 0) is 0 Å². The molecular weight excluding hydrogens is 270 g/mol. The van der Waals surface area contributed by atoms with Crippen molar-refractivity contribution in [1.82, 2.24) is 20.3 Å². The number of hydrogen-bond donors (Lipinski definition) is 2. The molecule has 0 saturated heterocycles. The Balaban J connectivity index is 1.84. The van der Waals surface area contributed by atoms with Gasteiger partial charge in [-0.25, -0.2) is 4.98 Å². The number of carbonyl (C=O) groups excluding carboxylic acids is 1. The fourth-order valence-electron chi connectivity index (χ4n) is 1.95. The largest absolute Gasteiger partial charge is 0.336 e. The summed E-state index contributed by atoms with van der Waals surface area (Å²) in [5, 5.41) is 14.2. The van der Waals surface area contributed by atoms with E-state index >= 15 is 0 Å². The van der Waals surface area contributed by atoms with Crippen LogP contribution in [0.15, 0.2) is 22.9 Å². The highest BCUT2D eigenvalue weighted by atomic mass is 16.5. The molecule has 1 amide bonds. The monoisotopic (exact) mass is 285 g/mol. The Labute approximate surface area is 120 Å². The minimum atomic E-state index is -0.271. The molecule has 3 aromatic heterocycles. The summed E-state index contributed by atoms with van der Waals surface area (Å²) >= 11 is 0. The van der Waals surface area contributed by atoms with Gasteiger partial charge in [-0.15, -0.1) is 0 Å². The molecule has 0 unspecified atom stereocenters. The number of hydrogen-bond acceptors (Lipinski definition) is 5. The molecular formula is C14H15N5O2. The van der Waals surface area contributed by atoms with Crippen molar-refractivity contribution in [3.63, 3.8) is 0 Å². The Morgan fingerprint density at radius 1 is 1.38 bits per heavy atom. The third-order valence-corrected chi connectivity index (χ3v) is 3.23. The Morgan fingerprint density at radius 3 is 2.90 bits per heavy atom. The first-order valence-corrected chi connectivity index (χ1v) is 6.63. The highest BCUT2D eigenvalue weighted by Gasteiger charge is 2.13. The second-order valence-electron chi connectivity index (χ2n) is 5.16. The molecule has 0 aliphatic heterocycles. The van der Waals surface area contributed by atoms with E-state index in [-0.39, 0.29) is 5.91 Å². The summed E-state index contributed by atoms with van der Waals surface area (Å²) in [6.45, 7) is 5.90. The van der Waals surface area contributed by atoms with E-state index < -0.39 is 0 Å². The molecule has 0 radical (unpaired) electrons. The van der Waals surface area contributed by atoms with Gasteiger partial charge in [0.1, 0.15) is 0 Å². The van der Waals surface area contributed by atoms with E-state index in [9.17, 15) is 4.79 Å². The average Bonchev–Trinajstić information content (AvgIpc) is 3.06. The normalized spacial score (nSPS) is 11.2. The van der Waals surface area contributed by atoms with E-state index in [1.165, 1.54) is 6.20 Å². The van der Waals surface area contributed by atoms with E-state index in [2.05, 4.69) is 25.7 Å². The van der Waals surface area contributed by atoms with Crippen LogP contribution in [0.1, 0.15) is 41.5 Å². The number of aromatic nitrogens is 4. The molecule has 0 spiro atoms. The molecule has 0 saturated carbocycles. The highest BCUT2D eigenvalue weighted by Crippen LogP contribution is 2.18. The number of amides is 1. The number of anilines is 1. The number of pyridine rings is 1. The van der Waals surface area contributed by atoms with Crippen LogP contribution in [0.3, 0.4) is 0 Å². The van der Waals surface area contributed by atoms with Gasteiger partial charge in [0.05, 0.1) is 16.6 Å². The second kappa shape index (κ2) is 5.01. The molecule has 0 bridgehead atoms. The molecule has 0 aliphatic rings. The lowest BCUT2D eigenvalue weighted by molar-refractivity contribution is 0.102. The summed E-state index contributed by atoms with van der Waals surface area (Å²) in [5.41, 5.74) is 2.52. The van der Waals surface area contributed by atoms with E-state index in [1.807, 2.05) is 19.9 Å². The highest BCUT2D eigenvalue weighted by molar-refractivity contribution is 6.05. The fraction of sp³-hybridized carbons (Fsp3) is 0.286. The number of rotatable bonds is 3. The number of nitrogens with zero attached hydrogens (tertiary/aromatic N) is 3. The molecule has 0 atom stereocenters. The van der Waals surface area contributed by atoms with Crippen LogP contribution in [0, 0.1) is 6.92 Å². The van der Waals surface area contributed by atoms with Gasteiger partial charge in [-0.1, -0.05) is 19.0 Å². The fourth-order valence-corrected chi connectivity index (χ4v) is 1.95. The number of nitrogens with one attached hydrogen (secondary N) is 2. The van der Waals surface area contributed by atoms with Crippen LogP contribution in [0.25, 0.3) is 11.1 Å². The van der Waals surface area contributed by atoms with Crippen LogP contribution in [0.4, 0.5) is 5.82 Å². The van der Waals surface area contributed by atoms with Crippen molar-refractivity contribution in [2.24, 2.45) is 0 Å². The lowest BCUT2D eigenvalue weighted by atomic mass is 10.1. The molecule has 3 rings (SSSR count). The summed E-state index contributed by atoms with van der Waals surface area (Å²) in [7, 11) is 0. The first kappa shape index (κ1) is 13.3. The van der Waals surface area contributed by atoms with Gasteiger partial charge in [-0.05, 0) is 18.9 Å². The lowest BCUT2D eigenvalue weighted by Gasteiger charge is -2.01. The van der Waals surface area contributed by atoms with Gasteiger partial charge in [0.25, 0.3) is 11.6 Å². The molecule has 7 nitrogen and oxygen atoms in total. The van der Waals surface area contributed by atoms with Crippen molar-refractivity contribution in [2.45, 2.75) is 26.7 Å². The third-order valence-electron chi connectivity index (χ3n) is 3.23. The van der Waals surface area contributed by atoms with E-state index in [0.717, 1.165) is 11.1 Å². The predicted octanol–water partition coefficient (Wildman–Crippen LogP) is 2.63. The molecule has 21 heavy (non-hydrogen) atoms. The smallest absolute Gasteiger partial charge is 0.258 e. The Hall–Kier alpha value is -2.70. The van der Waals surface area contributed by atoms with Crippen molar-refractivity contribution in [1.29, 1.82) is 0 Å². The number of fused-ring (bicyclic) bond motifs is 1. The van der Waals surface area contributed by atoms with Crippen molar-refractivity contribution >= 4 is 22.8 Å². The van der Waals surface area contributed by atoms with E-state index in [0.29, 0.717) is 28.7 Å². The maximum Gasteiger partial charge on any atom is 0.258 e. The standard InChI is InChI=1S/C14H15N5O2/c1-7(2)11-5-12(18-17-11)16-13(20)9-4-10-8(3)19-21-14(10)15-6-9/h4-7H,1-3H3,(H2,16,17,18,20). The zero-order valence-corrected chi connectivity index (χ0v) is 12.0. The third kappa shape index (κ3) is 2.49. The predicted molar refractivity (Wildman–Crippen MR) is 77.2 cm³/mol. The van der Waals surface area contributed by atoms with Crippen LogP contribution < -0.4 is 5.32 Å². The van der Waals surface area contributed by atoms with E-state index in [4.69, 9.17) is 4.52 Å². The maximum atomic E-state index is 12.2. The average molecular weight is 285 g/mol. The molecule has 7 heteroatoms. The molecule has 2 N–H and O–H groups in total. The molecule has 0 aromatic carbocycles. The number of carbonyl (C=O) groups is 1. The zero-order valence-electron chi connectivity index (χ0n) is 12.0. The van der Waals surface area contributed by atoms with Crippen LogP contribution in [-0.4, -0.2) is 26.2 Å². The number of aryl methyl sites for hydroxylation is 1. The summed E-state index contributed by atoms with van der Waals surface area (Å²) in [6.07, 6.45) is 1.46. The Morgan fingerprint density at radius 2 is 2.19 bits per heavy atom. The quantitative estimate of drug-likeness (QED) is 0.771. The summed E-state index contributed by atoms with van der Waals surface area (Å²) in [5.74, 6) is 0.540. The second-order valence-corrected chi connectivity index (χ2v) is 5.16. The molecule has 3 aromatic rings. The van der Waals surface area contributed by atoms with Gasteiger partial charge < -0.3 is 9.84 Å². The van der Waals surface area contributed by atoms with Gasteiger partial charge in [0.15, 0.2) is 5.82 Å². The zero-order chi connectivity index (χ0) is 15.0. The van der Waals surface area contributed by atoms with Gasteiger partial charge >= 0.3 is 0 Å². The number of H-pyrrole nitrogens is 1. The Bertz CT molecular complexity index is 803. The molecule has 0 aliphatic carbocycles. The van der Waals surface area contributed by atoms with Crippen molar-refractivity contribution < 1.29 is 9.32 Å². The SMILES string of the molecule is Cc1noc2ncc(C(=O)Nc3cc(C(C)C)[nH]n3)cc12. The van der Waals surface area contributed by atoms with Crippen molar-refractivity contribution in [2.75, 3.05) is 5.32 Å². The van der Waals surface area contributed by atoms with Crippen molar-refractivity contribution in [3.05, 3.63) is 35.3 Å². The van der Waals surface area contributed by atoms with Crippen LogP contribution >= 0.6 is 0 Å². The number of aromatic amines is 1. The van der Waals surface area contributed by atoms with E-state index in [1.54, 1.807) is 13.0 Å². The molecule has 0 fully saturated rings. The summed E-state index contributed by atoms with van der Waals surface area (Å²) < 4.78 is 5.02. The maximum absolute atomic E-state index is 12.2. The van der Waals surface area contributed by atoms with Gasteiger partial charge in [-0.2, -0.15) is 5.10 Å². The summed E-state index contributed by atoms with van der Waals surface area (Å²) in [6, 6.07) is 3.53.